The summed E-state index contributed by atoms with van der Waals surface area (Å²) in [7, 11) is 0. The molecule has 2 aromatic rings. The van der Waals surface area contributed by atoms with Gasteiger partial charge in [0, 0.05) is 12.2 Å². The summed E-state index contributed by atoms with van der Waals surface area (Å²) in [5.74, 6) is 0.749. The lowest BCUT2D eigenvalue weighted by Gasteiger charge is -2.20. The minimum Gasteiger partial charge on any atom is -0.329 e. The first kappa shape index (κ1) is 11.9. The average molecular weight is 261 g/mol. The molecule has 1 atom stereocenters. The normalized spacial score (nSPS) is 18.6. The third-order valence-corrected chi connectivity index (χ3v) is 4.48. The molecule has 1 saturated carbocycles. The number of H-pyrrole nitrogens is 1. The molecule has 0 aromatic carbocycles. The van der Waals surface area contributed by atoms with E-state index < -0.39 is 0 Å². The van der Waals surface area contributed by atoms with Crippen LogP contribution >= 0.6 is 12.2 Å². The van der Waals surface area contributed by atoms with Crippen LogP contribution in [0.5, 0.6) is 0 Å². The number of hydrogen-bond donors (Lipinski definition) is 1. The standard InChI is InChI=1S/C14H19N3S/c1-9-7-12-13(15-8-9)17(14(18)16-12)10(2)11-5-3-4-6-11/h7-8,10-11H,3-6H2,1-2H3,(H,16,18). The van der Waals surface area contributed by atoms with Crippen LogP contribution in [0.1, 0.15) is 44.2 Å². The van der Waals surface area contributed by atoms with Crippen molar-refractivity contribution in [3.05, 3.63) is 22.6 Å². The van der Waals surface area contributed by atoms with Crippen molar-refractivity contribution >= 4 is 23.4 Å². The topological polar surface area (TPSA) is 33.6 Å². The largest absolute Gasteiger partial charge is 0.329 e. The van der Waals surface area contributed by atoms with Crippen LogP contribution in [0.3, 0.4) is 0 Å². The minimum absolute atomic E-state index is 0.448. The van der Waals surface area contributed by atoms with Crippen LogP contribution in [0, 0.1) is 17.6 Å². The number of fused-ring (bicyclic) bond motifs is 1. The summed E-state index contributed by atoms with van der Waals surface area (Å²) < 4.78 is 3.02. The summed E-state index contributed by atoms with van der Waals surface area (Å²) in [6, 6.07) is 2.57. The highest BCUT2D eigenvalue weighted by Crippen LogP contribution is 2.35. The van der Waals surface area contributed by atoms with Gasteiger partial charge in [0.05, 0.1) is 5.52 Å². The first-order chi connectivity index (χ1) is 8.66. The molecule has 18 heavy (non-hydrogen) atoms. The second kappa shape index (κ2) is 4.50. The van der Waals surface area contributed by atoms with Gasteiger partial charge in [-0.25, -0.2) is 4.98 Å². The quantitative estimate of drug-likeness (QED) is 0.824. The second-order valence-electron chi connectivity index (χ2n) is 5.47. The van der Waals surface area contributed by atoms with Gasteiger partial charge in [-0.1, -0.05) is 12.8 Å². The van der Waals surface area contributed by atoms with E-state index in [9.17, 15) is 0 Å². The molecule has 0 saturated heterocycles. The van der Waals surface area contributed by atoms with E-state index in [1.807, 2.05) is 6.20 Å². The number of nitrogens with zero attached hydrogens (tertiary/aromatic N) is 2. The molecule has 96 valence electrons. The maximum Gasteiger partial charge on any atom is 0.179 e. The van der Waals surface area contributed by atoms with Crippen molar-refractivity contribution in [2.45, 2.75) is 45.6 Å². The van der Waals surface area contributed by atoms with Crippen LogP contribution in [-0.4, -0.2) is 14.5 Å². The Balaban J connectivity index is 2.10. The Kier molecular flexibility index (Phi) is 2.98. The van der Waals surface area contributed by atoms with Gasteiger partial charge >= 0.3 is 0 Å². The third kappa shape index (κ3) is 1.88. The van der Waals surface area contributed by atoms with Crippen molar-refractivity contribution in [2.24, 2.45) is 5.92 Å². The second-order valence-corrected chi connectivity index (χ2v) is 5.86. The van der Waals surface area contributed by atoms with Crippen LogP contribution in [0.4, 0.5) is 0 Å². The lowest BCUT2D eigenvalue weighted by atomic mass is 10.00. The summed E-state index contributed by atoms with van der Waals surface area (Å²) in [4.78, 5) is 7.85. The molecule has 0 radical (unpaired) electrons. The van der Waals surface area contributed by atoms with Gasteiger partial charge in [0.1, 0.15) is 0 Å². The molecule has 0 bridgehead atoms. The molecule has 1 N–H and O–H groups in total. The number of aryl methyl sites for hydroxylation is 1. The van der Waals surface area contributed by atoms with Gasteiger partial charge in [-0.2, -0.15) is 0 Å². The Morgan fingerprint density at radius 2 is 2.17 bits per heavy atom. The highest BCUT2D eigenvalue weighted by atomic mass is 32.1. The molecule has 3 nitrogen and oxygen atoms in total. The number of aromatic nitrogens is 3. The van der Waals surface area contributed by atoms with Crippen LogP contribution in [0.2, 0.25) is 0 Å². The molecular formula is C14H19N3S. The number of pyridine rings is 1. The van der Waals surface area contributed by atoms with E-state index in [0.29, 0.717) is 6.04 Å². The maximum absolute atomic E-state index is 5.48. The number of rotatable bonds is 2. The molecule has 1 fully saturated rings. The van der Waals surface area contributed by atoms with Crippen LogP contribution in [-0.2, 0) is 0 Å². The zero-order chi connectivity index (χ0) is 12.7. The third-order valence-electron chi connectivity index (χ3n) is 4.18. The fourth-order valence-electron chi connectivity index (χ4n) is 3.15. The highest BCUT2D eigenvalue weighted by molar-refractivity contribution is 7.71. The van der Waals surface area contributed by atoms with Gasteiger partial charge in [0.2, 0.25) is 0 Å². The Hall–Kier alpha value is -1.16. The van der Waals surface area contributed by atoms with Gasteiger partial charge in [0.25, 0.3) is 0 Å². The van der Waals surface area contributed by atoms with Gasteiger partial charge in [-0.05, 0) is 56.5 Å². The number of imidazole rings is 1. The van der Waals surface area contributed by atoms with Crippen molar-refractivity contribution in [3.8, 4) is 0 Å². The Morgan fingerprint density at radius 3 is 2.89 bits per heavy atom. The van der Waals surface area contributed by atoms with Crippen LogP contribution in [0.25, 0.3) is 11.2 Å². The molecule has 4 heteroatoms. The van der Waals surface area contributed by atoms with Crippen molar-refractivity contribution < 1.29 is 0 Å². The smallest absolute Gasteiger partial charge is 0.179 e. The van der Waals surface area contributed by atoms with Crippen molar-refractivity contribution in [1.29, 1.82) is 0 Å². The van der Waals surface area contributed by atoms with Gasteiger partial charge in [-0.15, -0.1) is 0 Å². The Bertz CT molecular complexity index is 619. The predicted molar refractivity (Wildman–Crippen MR) is 76.3 cm³/mol. The van der Waals surface area contributed by atoms with E-state index in [0.717, 1.165) is 21.9 Å². The van der Waals surface area contributed by atoms with Gasteiger partial charge < -0.3 is 4.98 Å². The molecule has 1 aliphatic rings. The summed E-state index contributed by atoms with van der Waals surface area (Å²) in [6.45, 7) is 4.33. The number of aromatic amines is 1. The lowest BCUT2D eigenvalue weighted by molar-refractivity contribution is 0.363. The maximum atomic E-state index is 5.48. The summed E-state index contributed by atoms with van der Waals surface area (Å²) in [5.41, 5.74) is 3.23. The van der Waals surface area contributed by atoms with E-state index in [1.165, 1.54) is 31.2 Å². The lowest BCUT2D eigenvalue weighted by Crippen LogP contribution is -2.14. The Morgan fingerprint density at radius 1 is 1.44 bits per heavy atom. The van der Waals surface area contributed by atoms with Gasteiger partial charge in [0.15, 0.2) is 10.4 Å². The fourth-order valence-corrected chi connectivity index (χ4v) is 3.51. The van der Waals surface area contributed by atoms with Crippen molar-refractivity contribution in [1.82, 2.24) is 14.5 Å². The van der Waals surface area contributed by atoms with Crippen LogP contribution in [0.15, 0.2) is 12.3 Å². The minimum atomic E-state index is 0.448. The van der Waals surface area contributed by atoms with E-state index in [-0.39, 0.29) is 0 Å². The van der Waals surface area contributed by atoms with E-state index in [2.05, 4.69) is 34.4 Å². The fraction of sp³-hybridized carbons (Fsp3) is 0.571. The first-order valence-corrected chi connectivity index (χ1v) is 7.14. The Labute approximate surface area is 112 Å². The molecule has 2 heterocycles. The van der Waals surface area contributed by atoms with Crippen molar-refractivity contribution in [2.75, 3.05) is 0 Å². The number of nitrogens with one attached hydrogen (secondary N) is 1. The summed E-state index contributed by atoms with van der Waals surface area (Å²) in [6.07, 6.45) is 7.28. The summed E-state index contributed by atoms with van der Waals surface area (Å²) in [5, 5.41) is 0. The molecular weight excluding hydrogens is 242 g/mol. The SMILES string of the molecule is Cc1cnc2c(c1)[nH]c(=S)n2C(C)C1CCCC1. The zero-order valence-corrected chi connectivity index (χ0v) is 11.8. The molecule has 0 amide bonds. The summed E-state index contributed by atoms with van der Waals surface area (Å²) >= 11 is 5.48. The monoisotopic (exact) mass is 261 g/mol. The predicted octanol–water partition coefficient (Wildman–Crippen LogP) is 4.15. The van der Waals surface area contributed by atoms with Crippen LogP contribution < -0.4 is 0 Å². The molecule has 1 aliphatic carbocycles. The van der Waals surface area contributed by atoms with E-state index in [1.54, 1.807) is 0 Å². The number of hydrogen-bond acceptors (Lipinski definition) is 2. The van der Waals surface area contributed by atoms with E-state index in [4.69, 9.17) is 12.2 Å². The molecule has 3 rings (SSSR count). The van der Waals surface area contributed by atoms with Gasteiger partial charge in [-0.3, -0.25) is 4.57 Å². The first-order valence-electron chi connectivity index (χ1n) is 6.73. The molecule has 0 aliphatic heterocycles. The highest BCUT2D eigenvalue weighted by Gasteiger charge is 2.24. The van der Waals surface area contributed by atoms with E-state index >= 15 is 0 Å². The van der Waals surface area contributed by atoms with Crippen molar-refractivity contribution in [3.63, 3.8) is 0 Å². The zero-order valence-electron chi connectivity index (χ0n) is 10.9. The molecule has 2 aromatic heterocycles. The molecule has 1 unspecified atom stereocenters. The average Bonchev–Trinajstić information content (AvgIpc) is 2.94. The molecule has 0 spiro atoms.